The zero-order valence-electron chi connectivity index (χ0n) is 12.1. The minimum atomic E-state index is 0.308. The molecule has 1 aromatic rings. The fourth-order valence-electron chi connectivity index (χ4n) is 2.86. The van der Waals surface area contributed by atoms with Crippen LogP contribution in [0, 0.1) is 5.41 Å². The Bertz CT molecular complexity index is 386. The summed E-state index contributed by atoms with van der Waals surface area (Å²) in [4.78, 5) is 0. The maximum atomic E-state index is 5.54. The molecule has 1 aliphatic heterocycles. The summed E-state index contributed by atoms with van der Waals surface area (Å²) < 4.78 is 11.0. The third kappa shape index (κ3) is 3.71. The van der Waals surface area contributed by atoms with E-state index in [0.717, 1.165) is 51.3 Å². The second kappa shape index (κ2) is 6.92. The average molecular weight is 263 g/mol. The Morgan fingerprint density at radius 3 is 2.68 bits per heavy atom. The van der Waals surface area contributed by atoms with Crippen LogP contribution in [0.5, 0.6) is 5.75 Å². The summed E-state index contributed by atoms with van der Waals surface area (Å²) in [6.45, 7) is 6.00. The van der Waals surface area contributed by atoms with Gasteiger partial charge >= 0.3 is 0 Å². The topological polar surface area (TPSA) is 30.5 Å². The highest BCUT2D eigenvalue weighted by molar-refractivity contribution is 5.34. The minimum absolute atomic E-state index is 0.308. The van der Waals surface area contributed by atoms with Crippen molar-refractivity contribution in [2.24, 2.45) is 5.41 Å². The van der Waals surface area contributed by atoms with Crippen molar-refractivity contribution in [3.05, 3.63) is 29.8 Å². The molecule has 1 saturated heterocycles. The van der Waals surface area contributed by atoms with E-state index in [9.17, 15) is 0 Å². The lowest BCUT2D eigenvalue weighted by Gasteiger charge is -2.38. The molecule has 19 heavy (non-hydrogen) atoms. The molecule has 1 aromatic carbocycles. The second-order valence-electron chi connectivity index (χ2n) is 5.38. The van der Waals surface area contributed by atoms with Gasteiger partial charge < -0.3 is 14.8 Å². The van der Waals surface area contributed by atoms with Crippen molar-refractivity contribution in [1.29, 1.82) is 0 Å². The standard InChI is InChI=1S/C16H25NO2/c1-3-17-13-16(8-10-19-11-9-16)12-14-6-4-5-7-15(14)18-2/h4-7,17H,3,8-13H2,1-2H3. The van der Waals surface area contributed by atoms with E-state index in [1.54, 1.807) is 7.11 Å². The highest BCUT2D eigenvalue weighted by atomic mass is 16.5. The summed E-state index contributed by atoms with van der Waals surface area (Å²) >= 11 is 0. The summed E-state index contributed by atoms with van der Waals surface area (Å²) in [5, 5.41) is 3.52. The SMILES string of the molecule is CCNCC1(Cc2ccccc2OC)CCOCC1. The predicted molar refractivity (Wildman–Crippen MR) is 77.7 cm³/mol. The van der Waals surface area contributed by atoms with Crippen LogP contribution in [0.15, 0.2) is 24.3 Å². The quantitative estimate of drug-likeness (QED) is 0.856. The molecule has 1 fully saturated rings. The molecule has 1 heterocycles. The van der Waals surface area contributed by atoms with Gasteiger partial charge in [0.15, 0.2) is 0 Å². The molecule has 0 atom stereocenters. The number of methoxy groups -OCH3 is 1. The smallest absolute Gasteiger partial charge is 0.122 e. The van der Waals surface area contributed by atoms with Crippen LogP contribution in [0.2, 0.25) is 0 Å². The molecule has 3 nitrogen and oxygen atoms in total. The number of hydrogen-bond acceptors (Lipinski definition) is 3. The summed E-state index contributed by atoms with van der Waals surface area (Å²) in [6.07, 6.45) is 3.31. The predicted octanol–water partition coefficient (Wildman–Crippen LogP) is 2.64. The molecule has 1 aliphatic rings. The van der Waals surface area contributed by atoms with E-state index in [2.05, 4.69) is 30.4 Å². The van der Waals surface area contributed by atoms with E-state index in [1.807, 2.05) is 6.07 Å². The first kappa shape index (κ1) is 14.4. The van der Waals surface area contributed by atoms with Crippen LogP contribution in [0.4, 0.5) is 0 Å². The van der Waals surface area contributed by atoms with Crippen LogP contribution in [0.3, 0.4) is 0 Å². The summed E-state index contributed by atoms with van der Waals surface area (Å²) in [5.41, 5.74) is 1.62. The van der Waals surface area contributed by atoms with E-state index in [4.69, 9.17) is 9.47 Å². The van der Waals surface area contributed by atoms with Crippen LogP contribution in [0.1, 0.15) is 25.3 Å². The van der Waals surface area contributed by atoms with Gasteiger partial charge in [0.1, 0.15) is 5.75 Å². The Balaban J connectivity index is 2.14. The van der Waals surface area contributed by atoms with Crippen molar-refractivity contribution in [2.75, 3.05) is 33.4 Å². The average Bonchev–Trinajstić information content (AvgIpc) is 2.47. The second-order valence-corrected chi connectivity index (χ2v) is 5.38. The van der Waals surface area contributed by atoms with Crippen molar-refractivity contribution in [3.8, 4) is 5.75 Å². The number of hydrogen-bond donors (Lipinski definition) is 1. The number of rotatable bonds is 6. The Hall–Kier alpha value is -1.06. The lowest BCUT2D eigenvalue weighted by atomic mass is 9.75. The number of nitrogens with one attached hydrogen (secondary N) is 1. The van der Waals surface area contributed by atoms with Crippen molar-refractivity contribution >= 4 is 0 Å². The molecular weight excluding hydrogens is 238 g/mol. The van der Waals surface area contributed by atoms with Crippen molar-refractivity contribution in [3.63, 3.8) is 0 Å². The number of ether oxygens (including phenoxy) is 2. The monoisotopic (exact) mass is 263 g/mol. The molecule has 2 rings (SSSR count). The maximum absolute atomic E-state index is 5.54. The fraction of sp³-hybridized carbons (Fsp3) is 0.625. The normalized spacial score (nSPS) is 18.2. The van der Waals surface area contributed by atoms with Crippen molar-refractivity contribution in [1.82, 2.24) is 5.32 Å². The van der Waals surface area contributed by atoms with Gasteiger partial charge in [-0.1, -0.05) is 25.1 Å². The molecular formula is C16H25NO2. The Morgan fingerprint density at radius 1 is 1.26 bits per heavy atom. The molecule has 0 unspecified atom stereocenters. The minimum Gasteiger partial charge on any atom is -0.496 e. The largest absolute Gasteiger partial charge is 0.496 e. The lowest BCUT2D eigenvalue weighted by Crippen LogP contribution is -2.40. The molecule has 1 N–H and O–H groups in total. The van der Waals surface area contributed by atoms with Gasteiger partial charge in [0.05, 0.1) is 7.11 Å². The molecule has 0 aromatic heterocycles. The van der Waals surface area contributed by atoms with Crippen LogP contribution < -0.4 is 10.1 Å². The van der Waals surface area contributed by atoms with Crippen LogP contribution >= 0.6 is 0 Å². The number of benzene rings is 1. The molecule has 106 valence electrons. The molecule has 0 radical (unpaired) electrons. The third-order valence-electron chi connectivity index (χ3n) is 4.06. The Labute approximate surface area is 116 Å². The highest BCUT2D eigenvalue weighted by Gasteiger charge is 2.33. The highest BCUT2D eigenvalue weighted by Crippen LogP contribution is 2.36. The van der Waals surface area contributed by atoms with Crippen molar-refractivity contribution < 1.29 is 9.47 Å². The van der Waals surface area contributed by atoms with Gasteiger partial charge in [-0.25, -0.2) is 0 Å². The fourth-order valence-corrected chi connectivity index (χ4v) is 2.86. The van der Waals surface area contributed by atoms with E-state index in [1.165, 1.54) is 5.56 Å². The summed E-state index contributed by atoms with van der Waals surface area (Å²) in [5.74, 6) is 1.00. The van der Waals surface area contributed by atoms with Gasteiger partial charge in [0.25, 0.3) is 0 Å². The van der Waals surface area contributed by atoms with Gasteiger partial charge in [-0.05, 0) is 42.9 Å². The van der Waals surface area contributed by atoms with E-state index >= 15 is 0 Å². The van der Waals surface area contributed by atoms with Crippen molar-refractivity contribution in [2.45, 2.75) is 26.2 Å². The van der Waals surface area contributed by atoms with Crippen LogP contribution in [0.25, 0.3) is 0 Å². The maximum Gasteiger partial charge on any atom is 0.122 e. The lowest BCUT2D eigenvalue weighted by molar-refractivity contribution is 0.0149. The third-order valence-corrected chi connectivity index (χ3v) is 4.06. The van der Waals surface area contributed by atoms with Gasteiger partial charge in [0.2, 0.25) is 0 Å². The van der Waals surface area contributed by atoms with Crippen LogP contribution in [-0.4, -0.2) is 33.4 Å². The first-order valence-electron chi connectivity index (χ1n) is 7.20. The van der Waals surface area contributed by atoms with E-state index < -0.39 is 0 Å². The van der Waals surface area contributed by atoms with Gasteiger partial charge in [-0.2, -0.15) is 0 Å². The molecule has 0 bridgehead atoms. The summed E-state index contributed by atoms with van der Waals surface area (Å²) in [6, 6.07) is 8.36. The molecule has 0 spiro atoms. The van der Waals surface area contributed by atoms with Gasteiger partial charge in [-0.15, -0.1) is 0 Å². The first-order chi connectivity index (χ1) is 9.29. The molecule has 0 amide bonds. The van der Waals surface area contributed by atoms with Gasteiger partial charge in [0, 0.05) is 19.8 Å². The van der Waals surface area contributed by atoms with Gasteiger partial charge in [-0.3, -0.25) is 0 Å². The molecule has 0 saturated carbocycles. The number of para-hydroxylation sites is 1. The Kier molecular flexibility index (Phi) is 5.23. The first-order valence-corrected chi connectivity index (χ1v) is 7.20. The van der Waals surface area contributed by atoms with E-state index in [-0.39, 0.29) is 0 Å². The molecule has 3 heteroatoms. The zero-order valence-corrected chi connectivity index (χ0v) is 12.1. The molecule has 0 aliphatic carbocycles. The van der Waals surface area contributed by atoms with E-state index in [0.29, 0.717) is 5.41 Å². The van der Waals surface area contributed by atoms with Crippen LogP contribution in [-0.2, 0) is 11.2 Å². The zero-order chi connectivity index (χ0) is 13.6. The Morgan fingerprint density at radius 2 is 2.00 bits per heavy atom. The summed E-state index contributed by atoms with van der Waals surface area (Å²) in [7, 11) is 1.75.